The van der Waals surface area contributed by atoms with E-state index in [2.05, 4.69) is 203 Å². The molecule has 0 spiro atoms. The Morgan fingerprint density at radius 2 is 1.53 bits per heavy atom. The third-order valence-corrected chi connectivity index (χ3v) is 11.6. The molecule has 0 radical (unpaired) electrons. The van der Waals surface area contributed by atoms with Gasteiger partial charge in [-0.1, -0.05) is 97.1 Å². The molecule has 4 atom stereocenters. The lowest BCUT2D eigenvalue weighted by Crippen LogP contribution is -2.28. The van der Waals surface area contributed by atoms with Crippen LogP contribution in [-0.2, 0) is 6.42 Å². The minimum atomic E-state index is 0.165. The molecule has 258 valence electrons. The molecule has 1 N–H and O–H groups in total. The number of fused-ring (bicyclic) bond motifs is 7. The molecule has 53 heavy (non-hydrogen) atoms. The van der Waals surface area contributed by atoms with Crippen LogP contribution in [0.2, 0.25) is 0 Å². The number of nitrogens with zero attached hydrogens (tertiary/aromatic N) is 3. The molecule has 4 heteroatoms. The normalized spacial score (nSPS) is 20.8. The van der Waals surface area contributed by atoms with Crippen LogP contribution < -0.4 is 15.1 Å². The van der Waals surface area contributed by atoms with Crippen molar-refractivity contribution in [1.29, 1.82) is 0 Å². The zero-order valence-electron chi connectivity index (χ0n) is 29.9. The van der Waals surface area contributed by atoms with Crippen molar-refractivity contribution < 1.29 is 0 Å². The predicted molar refractivity (Wildman–Crippen MR) is 224 cm³/mol. The molecule has 10 rings (SSSR count). The van der Waals surface area contributed by atoms with Gasteiger partial charge in [0.15, 0.2) is 0 Å². The predicted octanol–water partition coefficient (Wildman–Crippen LogP) is 12.4. The highest BCUT2D eigenvalue weighted by Gasteiger charge is 2.38. The van der Waals surface area contributed by atoms with E-state index in [0.29, 0.717) is 5.92 Å². The van der Waals surface area contributed by atoms with Crippen LogP contribution in [0.15, 0.2) is 170 Å². The van der Waals surface area contributed by atoms with Crippen LogP contribution in [0, 0.1) is 0 Å². The highest BCUT2D eigenvalue weighted by Crippen LogP contribution is 2.50. The molecular formula is C49H42N4. The van der Waals surface area contributed by atoms with Gasteiger partial charge in [0, 0.05) is 62.7 Å². The Labute approximate surface area is 312 Å². The summed E-state index contributed by atoms with van der Waals surface area (Å²) in [4.78, 5) is 4.97. The number of para-hydroxylation sites is 2. The fourth-order valence-corrected chi connectivity index (χ4v) is 9.37. The van der Waals surface area contributed by atoms with Crippen LogP contribution in [0.1, 0.15) is 47.6 Å². The molecule has 0 saturated carbocycles. The van der Waals surface area contributed by atoms with Gasteiger partial charge in [-0.15, -0.1) is 6.58 Å². The minimum absolute atomic E-state index is 0.165. The van der Waals surface area contributed by atoms with Crippen molar-refractivity contribution in [2.75, 3.05) is 15.1 Å². The number of aromatic nitrogens is 1. The lowest BCUT2D eigenvalue weighted by atomic mass is 9.91. The first-order valence-corrected chi connectivity index (χ1v) is 18.9. The number of aryl methyl sites for hydroxylation is 1. The van der Waals surface area contributed by atoms with Gasteiger partial charge in [0.2, 0.25) is 0 Å². The van der Waals surface area contributed by atoms with Crippen molar-refractivity contribution in [1.82, 2.24) is 4.57 Å². The molecule has 0 saturated heterocycles. The highest BCUT2D eigenvalue weighted by molar-refractivity contribution is 6.01. The summed E-state index contributed by atoms with van der Waals surface area (Å²) >= 11 is 0. The Bertz CT molecular complexity index is 2500. The van der Waals surface area contributed by atoms with Gasteiger partial charge in [0.05, 0.1) is 17.6 Å². The SMILES string of the molecule is C=CC1c2ccc(-n3c4c(c5c(Nc6ccc7c(c6)C6C=CC=CC6N7c6ccccc6)cccc53)CCC=C4)cc2N(c2ccccc2)C1/C=C\C. The number of rotatable bonds is 7. The van der Waals surface area contributed by atoms with Gasteiger partial charge in [0.1, 0.15) is 0 Å². The average Bonchev–Trinajstić information content (AvgIpc) is 3.84. The summed E-state index contributed by atoms with van der Waals surface area (Å²) < 4.78 is 2.48. The number of nitrogens with one attached hydrogen (secondary N) is 1. The summed E-state index contributed by atoms with van der Waals surface area (Å²) in [5.41, 5.74) is 14.9. The Kier molecular flexibility index (Phi) is 7.57. The zero-order valence-corrected chi connectivity index (χ0v) is 29.9. The summed E-state index contributed by atoms with van der Waals surface area (Å²) in [6, 6.07) is 42.7. The molecule has 2 aliphatic carbocycles. The van der Waals surface area contributed by atoms with E-state index in [4.69, 9.17) is 0 Å². The largest absolute Gasteiger partial charge is 0.355 e. The number of anilines is 6. The molecule has 1 aromatic heterocycles. The Morgan fingerprint density at radius 1 is 0.736 bits per heavy atom. The quantitative estimate of drug-likeness (QED) is 0.169. The first kappa shape index (κ1) is 31.5. The smallest absolute Gasteiger partial charge is 0.0629 e. The second-order valence-electron chi connectivity index (χ2n) is 14.5. The van der Waals surface area contributed by atoms with Gasteiger partial charge in [0.25, 0.3) is 0 Å². The van der Waals surface area contributed by atoms with E-state index in [1.165, 1.54) is 61.7 Å². The molecule has 4 aliphatic rings. The van der Waals surface area contributed by atoms with Crippen molar-refractivity contribution in [2.24, 2.45) is 0 Å². The molecule has 6 aromatic rings. The molecule has 2 aliphatic heterocycles. The van der Waals surface area contributed by atoms with Gasteiger partial charge in [-0.2, -0.15) is 0 Å². The number of allylic oxidation sites excluding steroid dienone is 4. The van der Waals surface area contributed by atoms with Crippen molar-refractivity contribution in [2.45, 2.75) is 43.7 Å². The van der Waals surface area contributed by atoms with Crippen molar-refractivity contribution in [3.8, 4) is 5.69 Å². The fraction of sp³-hybridized carbons (Fsp3) is 0.143. The van der Waals surface area contributed by atoms with Crippen molar-refractivity contribution >= 4 is 51.1 Å². The summed E-state index contributed by atoms with van der Waals surface area (Å²) in [5, 5.41) is 5.22. The van der Waals surface area contributed by atoms with Crippen LogP contribution in [0.3, 0.4) is 0 Å². The van der Waals surface area contributed by atoms with Crippen molar-refractivity contribution in [3.05, 3.63) is 193 Å². The lowest BCUT2D eigenvalue weighted by Gasteiger charge is -2.28. The molecule has 0 amide bonds. The molecule has 0 bridgehead atoms. The first-order valence-electron chi connectivity index (χ1n) is 18.9. The van der Waals surface area contributed by atoms with Gasteiger partial charge in [-0.3, -0.25) is 0 Å². The highest BCUT2D eigenvalue weighted by atomic mass is 15.2. The minimum Gasteiger partial charge on any atom is -0.355 e. The van der Waals surface area contributed by atoms with Crippen LogP contribution in [0.4, 0.5) is 34.1 Å². The van der Waals surface area contributed by atoms with Crippen LogP contribution in [-0.4, -0.2) is 16.7 Å². The van der Waals surface area contributed by atoms with Crippen molar-refractivity contribution in [3.63, 3.8) is 0 Å². The van der Waals surface area contributed by atoms with E-state index in [1.54, 1.807) is 0 Å². The zero-order chi connectivity index (χ0) is 35.5. The second kappa shape index (κ2) is 12.8. The standard InChI is InChI=1S/C49H42N4/c1-3-16-43-37(4-2)39-29-28-36(32-48(39)52(43)35-19-9-6-10-20-35)53-45-25-14-12-22-40(45)49-42(23-15-26-47(49)53)50-33-27-30-46-41(31-33)38-21-11-13-24-44(38)51(46)34-17-7-5-8-18-34/h3-11,13-21,23-32,37-38,43-44,50H,2,12,22H2,1H3/b16-3-. The monoisotopic (exact) mass is 686 g/mol. The van der Waals surface area contributed by atoms with E-state index in [9.17, 15) is 0 Å². The van der Waals surface area contributed by atoms with E-state index < -0.39 is 0 Å². The first-order chi connectivity index (χ1) is 26.2. The maximum absolute atomic E-state index is 4.28. The maximum Gasteiger partial charge on any atom is 0.0629 e. The molecule has 4 unspecified atom stereocenters. The third-order valence-electron chi connectivity index (χ3n) is 11.6. The maximum atomic E-state index is 4.28. The van der Waals surface area contributed by atoms with Crippen LogP contribution >= 0.6 is 0 Å². The molecular weight excluding hydrogens is 645 g/mol. The van der Waals surface area contributed by atoms with Gasteiger partial charge in [-0.25, -0.2) is 0 Å². The average molecular weight is 687 g/mol. The molecule has 5 aromatic carbocycles. The molecule has 0 fully saturated rings. The van der Waals surface area contributed by atoms with Gasteiger partial charge in [-0.05, 0) is 109 Å². The van der Waals surface area contributed by atoms with Crippen LogP contribution in [0.25, 0.3) is 22.7 Å². The molecule has 4 nitrogen and oxygen atoms in total. The summed E-state index contributed by atoms with van der Waals surface area (Å²) in [6.07, 6.45) is 22.4. The van der Waals surface area contributed by atoms with Gasteiger partial charge >= 0.3 is 0 Å². The molecule has 3 heterocycles. The topological polar surface area (TPSA) is 23.4 Å². The number of hydrogen-bond donors (Lipinski definition) is 1. The lowest BCUT2D eigenvalue weighted by molar-refractivity contribution is 0.745. The number of benzene rings is 5. The van der Waals surface area contributed by atoms with E-state index in [0.717, 1.165) is 24.2 Å². The Balaban J connectivity index is 1.08. The number of hydrogen-bond acceptors (Lipinski definition) is 3. The summed E-state index contributed by atoms with van der Waals surface area (Å²) in [5.74, 6) is 0.499. The fourth-order valence-electron chi connectivity index (χ4n) is 9.37. The van der Waals surface area contributed by atoms with E-state index in [1.807, 2.05) is 0 Å². The Hall–Kier alpha value is -6.26. The second-order valence-corrected chi connectivity index (χ2v) is 14.5. The van der Waals surface area contributed by atoms with E-state index >= 15 is 0 Å². The van der Waals surface area contributed by atoms with E-state index in [-0.39, 0.29) is 18.0 Å². The van der Waals surface area contributed by atoms with Gasteiger partial charge < -0.3 is 19.7 Å². The summed E-state index contributed by atoms with van der Waals surface area (Å²) in [7, 11) is 0. The third kappa shape index (κ3) is 4.97. The Morgan fingerprint density at radius 3 is 2.32 bits per heavy atom. The summed E-state index contributed by atoms with van der Waals surface area (Å²) in [6.45, 7) is 6.39. The van der Waals surface area contributed by atoms with Crippen LogP contribution in [0.5, 0.6) is 0 Å².